The van der Waals surface area contributed by atoms with Gasteiger partial charge in [0.05, 0.1) is 19.3 Å². The zero-order valence-corrected chi connectivity index (χ0v) is 10.0. The van der Waals surface area contributed by atoms with Crippen molar-refractivity contribution in [1.29, 1.82) is 0 Å². The van der Waals surface area contributed by atoms with Gasteiger partial charge in [0.15, 0.2) is 0 Å². The van der Waals surface area contributed by atoms with E-state index in [-0.39, 0.29) is 6.10 Å². The fraction of sp³-hybridized carbons (Fsp3) is 0.833. The Labute approximate surface area is 93.4 Å². The summed E-state index contributed by atoms with van der Waals surface area (Å²) in [6, 6.07) is 0. The molecule has 0 N–H and O–H groups in total. The van der Waals surface area contributed by atoms with Crippen LogP contribution in [0.1, 0.15) is 32.6 Å². The average molecular weight is 216 g/mol. The molecule has 3 heteroatoms. The molecule has 0 aliphatic heterocycles. The van der Waals surface area contributed by atoms with Crippen molar-refractivity contribution in [3.05, 3.63) is 12.7 Å². The Balaban J connectivity index is 3.32. The van der Waals surface area contributed by atoms with Crippen molar-refractivity contribution in [3.63, 3.8) is 0 Å². The molecule has 0 aromatic carbocycles. The zero-order valence-electron chi connectivity index (χ0n) is 10.0. The first-order valence-electron chi connectivity index (χ1n) is 5.66. The Bertz CT molecular complexity index is 137. The van der Waals surface area contributed by atoms with Crippen molar-refractivity contribution < 1.29 is 14.2 Å². The van der Waals surface area contributed by atoms with E-state index in [1.165, 1.54) is 19.3 Å². The van der Waals surface area contributed by atoms with Gasteiger partial charge in [0.2, 0.25) is 0 Å². The van der Waals surface area contributed by atoms with E-state index < -0.39 is 0 Å². The summed E-state index contributed by atoms with van der Waals surface area (Å²) in [6.45, 7) is 7.46. The molecule has 3 nitrogen and oxygen atoms in total. The Hall–Kier alpha value is -0.380. The minimum atomic E-state index is 0.124. The van der Waals surface area contributed by atoms with Gasteiger partial charge >= 0.3 is 0 Å². The SMILES string of the molecule is C=CC(CCCCC)OCOCCOC. The molecule has 0 aromatic heterocycles. The van der Waals surface area contributed by atoms with Crippen LogP contribution in [0.2, 0.25) is 0 Å². The van der Waals surface area contributed by atoms with Crippen LogP contribution >= 0.6 is 0 Å². The highest BCUT2D eigenvalue weighted by molar-refractivity contribution is 4.79. The van der Waals surface area contributed by atoms with Gasteiger partial charge in [-0.1, -0.05) is 32.3 Å². The minimum Gasteiger partial charge on any atom is -0.382 e. The minimum absolute atomic E-state index is 0.124. The molecular weight excluding hydrogens is 192 g/mol. The van der Waals surface area contributed by atoms with Gasteiger partial charge in [-0.2, -0.15) is 0 Å². The highest BCUT2D eigenvalue weighted by Crippen LogP contribution is 2.07. The van der Waals surface area contributed by atoms with E-state index in [1.54, 1.807) is 7.11 Å². The largest absolute Gasteiger partial charge is 0.382 e. The molecule has 0 saturated heterocycles. The fourth-order valence-electron chi connectivity index (χ4n) is 1.20. The third-order valence-electron chi connectivity index (χ3n) is 2.15. The molecule has 0 rings (SSSR count). The summed E-state index contributed by atoms with van der Waals surface area (Å²) in [5.41, 5.74) is 0. The van der Waals surface area contributed by atoms with Gasteiger partial charge in [-0.25, -0.2) is 0 Å². The van der Waals surface area contributed by atoms with Crippen molar-refractivity contribution in [3.8, 4) is 0 Å². The number of hydrogen-bond donors (Lipinski definition) is 0. The van der Waals surface area contributed by atoms with Gasteiger partial charge in [0.1, 0.15) is 6.79 Å². The molecule has 0 amide bonds. The molecule has 15 heavy (non-hydrogen) atoms. The topological polar surface area (TPSA) is 27.7 Å². The Morgan fingerprint density at radius 1 is 1.27 bits per heavy atom. The maximum atomic E-state index is 5.49. The molecule has 0 fully saturated rings. The van der Waals surface area contributed by atoms with Crippen LogP contribution < -0.4 is 0 Å². The van der Waals surface area contributed by atoms with E-state index in [2.05, 4.69) is 13.5 Å². The lowest BCUT2D eigenvalue weighted by atomic mass is 10.1. The molecule has 90 valence electrons. The van der Waals surface area contributed by atoms with Crippen molar-refractivity contribution in [2.75, 3.05) is 27.1 Å². The predicted molar refractivity (Wildman–Crippen MR) is 61.9 cm³/mol. The summed E-state index contributed by atoms with van der Waals surface area (Å²) in [7, 11) is 1.65. The number of unbranched alkanes of at least 4 members (excludes halogenated alkanes) is 2. The highest BCUT2D eigenvalue weighted by atomic mass is 16.7. The molecule has 0 aliphatic rings. The summed E-state index contributed by atoms with van der Waals surface area (Å²) in [5, 5.41) is 0. The Kier molecular flexibility index (Phi) is 11.4. The van der Waals surface area contributed by atoms with Crippen molar-refractivity contribution in [2.45, 2.75) is 38.7 Å². The number of rotatable bonds is 11. The second-order valence-corrected chi connectivity index (χ2v) is 3.46. The van der Waals surface area contributed by atoms with E-state index >= 15 is 0 Å². The lowest BCUT2D eigenvalue weighted by Gasteiger charge is -2.13. The van der Waals surface area contributed by atoms with Crippen LogP contribution in [0, 0.1) is 0 Å². The monoisotopic (exact) mass is 216 g/mol. The summed E-state index contributed by atoms with van der Waals surface area (Å²) < 4.78 is 15.6. The van der Waals surface area contributed by atoms with Crippen molar-refractivity contribution in [2.24, 2.45) is 0 Å². The first-order chi connectivity index (χ1) is 7.35. The van der Waals surface area contributed by atoms with Gasteiger partial charge in [-0.05, 0) is 6.42 Å². The van der Waals surface area contributed by atoms with Crippen molar-refractivity contribution >= 4 is 0 Å². The summed E-state index contributed by atoms with van der Waals surface area (Å²) in [4.78, 5) is 0. The maximum absolute atomic E-state index is 5.49. The quantitative estimate of drug-likeness (QED) is 0.302. The average Bonchev–Trinajstić information content (AvgIpc) is 2.26. The van der Waals surface area contributed by atoms with Crippen LogP contribution in [0.4, 0.5) is 0 Å². The molecule has 0 spiro atoms. The second kappa shape index (κ2) is 11.7. The number of hydrogen-bond acceptors (Lipinski definition) is 3. The van der Waals surface area contributed by atoms with Gasteiger partial charge in [-0.3, -0.25) is 0 Å². The summed E-state index contributed by atoms with van der Waals surface area (Å²) in [6.07, 6.45) is 6.66. The van der Waals surface area contributed by atoms with Gasteiger partial charge < -0.3 is 14.2 Å². The van der Waals surface area contributed by atoms with Gasteiger partial charge in [0, 0.05) is 7.11 Å². The maximum Gasteiger partial charge on any atom is 0.147 e. The highest BCUT2D eigenvalue weighted by Gasteiger charge is 2.03. The summed E-state index contributed by atoms with van der Waals surface area (Å²) >= 11 is 0. The molecule has 0 aromatic rings. The van der Waals surface area contributed by atoms with E-state index in [4.69, 9.17) is 14.2 Å². The molecular formula is C12H24O3. The number of methoxy groups -OCH3 is 1. The first-order valence-corrected chi connectivity index (χ1v) is 5.66. The predicted octanol–water partition coefficient (Wildman–Crippen LogP) is 2.76. The lowest BCUT2D eigenvalue weighted by Crippen LogP contribution is -2.14. The smallest absolute Gasteiger partial charge is 0.147 e. The van der Waals surface area contributed by atoms with E-state index in [9.17, 15) is 0 Å². The molecule has 0 aliphatic carbocycles. The summed E-state index contributed by atoms with van der Waals surface area (Å²) in [5.74, 6) is 0. The lowest BCUT2D eigenvalue weighted by molar-refractivity contribution is -0.0865. The number of ether oxygens (including phenoxy) is 3. The Morgan fingerprint density at radius 3 is 2.67 bits per heavy atom. The molecule has 1 unspecified atom stereocenters. The molecule has 0 bridgehead atoms. The van der Waals surface area contributed by atoms with Crippen LogP contribution in [-0.4, -0.2) is 33.2 Å². The third-order valence-corrected chi connectivity index (χ3v) is 2.15. The molecule has 0 saturated carbocycles. The van der Waals surface area contributed by atoms with E-state index in [0.29, 0.717) is 20.0 Å². The fourth-order valence-corrected chi connectivity index (χ4v) is 1.20. The van der Waals surface area contributed by atoms with E-state index in [0.717, 1.165) is 6.42 Å². The standard InChI is InChI=1S/C12H24O3/c1-4-6-7-8-12(5-2)15-11-14-10-9-13-3/h5,12H,2,4,6-11H2,1,3H3. The van der Waals surface area contributed by atoms with Crippen molar-refractivity contribution in [1.82, 2.24) is 0 Å². The van der Waals surface area contributed by atoms with Crippen LogP contribution in [0.15, 0.2) is 12.7 Å². The van der Waals surface area contributed by atoms with Crippen LogP contribution in [0.25, 0.3) is 0 Å². The Morgan fingerprint density at radius 2 is 2.07 bits per heavy atom. The molecule has 0 heterocycles. The molecule has 1 atom stereocenters. The normalized spacial score (nSPS) is 12.7. The van der Waals surface area contributed by atoms with Gasteiger partial charge in [0.25, 0.3) is 0 Å². The van der Waals surface area contributed by atoms with E-state index in [1.807, 2.05) is 6.08 Å². The molecule has 0 radical (unpaired) electrons. The zero-order chi connectivity index (χ0) is 11.4. The third kappa shape index (κ3) is 9.91. The van der Waals surface area contributed by atoms with Crippen LogP contribution in [-0.2, 0) is 14.2 Å². The second-order valence-electron chi connectivity index (χ2n) is 3.46. The van der Waals surface area contributed by atoms with Gasteiger partial charge in [-0.15, -0.1) is 6.58 Å². The first kappa shape index (κ1) is 14.6. The van der Waals surface area contributed by atoms with Crippen LogP contribution in [0.5, 0.6) is 0 Å². The van der Waals surface area contributed by atoms with Crippen LogP contribution in [0.3, 0.4) is 0 Å².